The van der Waals surface area contributed by atoms with Crippen molar-refractivity contribution in [2.75, 3.05) is 54.9 Å². The second-order valence-electron chi connectivity index (χ2n) is 11.6. The van der Waals surface area contributed by atoms with Gasteiger partial charge in [0.25, 0.3) is 5.91 Å². The fourth-order valence-corrected chi connectivity index (χ4v) is 4.80. The van der Waals surface area contributed by atoms with Gasteiger partial charge in [-0.25, -0.2) is 14.8 Å². The van der Waals surface area contributed by atoms with Gasteiger partial charge >= 0.3 is 12.1 Å². The molecular weight excluding hydrogens is 550 g/mol. The van der Waals surface area contributed by atoms with E-state index in [-0.39, 0.29) is 24.1 Å². The van der Waals surface area contributed by atoms with Crippen LogP contribution in [0.25, 0.3) is 0 Å². The zero-order valence-corrected chi connectivity index (χ0v) is 25.1. The summed E-state index contributed by atoms with van der Waals surface area (Å²) in [6, 6.07) is 11.2. The van der Waals surface area contributed by atoms with Crippen molar-refractivity contribution < 1.29 is 23.8 Å². The molecule has 43 heavy (non-hydrogen) atoms. The number of nitrogens with one attached hydrogen (secondary N) is 2. The molecule has 12 nitrogen and oxygen atoms in total. The number of rotatable bonds is 7. The van der Waals surface area contributed by atoms with E-state index in [1.165, 1.54) is 0 Å². The number of carbonyl (C=O) groups is 2. The molecule has 0 saturated carbocycles. The van der Waals surface area contributed by atoms with Gasteiger partial charge in [-0.1, -0.05) is 6.07 Å². The Morgan fingerprint density at radius 1 is 0.977 bits per heavy atom. The van der Waals surface area contributed by atoms with Crippen molar-refractivity contribution in [3.8, 4) is 6.01 Å². The lowest BCUT2D eigenvalue weighted by molar-refractivity contribution is 0.0119. The molecule has 0 spiro atoms. The largest absolute Gasteiger partial charge is 0.460 e. The minimum absolute atomic E-state index is 0.105. The Morgan fingerprint density at radius 3 is 2.47 bits per heavy atom. The van der Waals surface area contributed by atoms with Crippen LogP contribution in [0.2, 0.25) is 0 Å². The SMILES string of the molecule is Cc1ccc(NC(=O)c2ccnc(N3CCOCC3)c2)cc1Nc1ccnc(OC2CCN(C(=O)OC(C)(C)C)CC2)n1. The molecule has 2 aliphatic rings. The van der Waals surface area contributed by atoms with Gasteiger partial charge in [-0.3, -0.25) is 4.79 Å². The molecular formula is C31H39N7O5. The van der Waals surface area contributed by atoms with Crippen LogP contribution in [0.4, 0.5) is 27.8 Å². The fourth-order valence-electron chi connectivity index (χ4n) is 4.80. The van der Waals surface area contributed by atoms with Crippen LogP contribution < -0.4 is 20.3 Å². The smallest absolute Gasteiger partial charge is 0.410 e. The first-order chi connectivity index (χ1) is 20.6. The van der Waals surface area contributed by atoms with Crippen LogP contribution in [0.15, 0.2) is 48.8 Å². The average molecular weight is 590 g/mol. The molecule has 12 heteroatoms. The number of likely N-dealkylation sites (tertiary alicyclic amines) is 1. The van der Waals surface area contributed by atoms with Crippen molar-refractivity contribution in [2.24, 2.45) is 0 Å². The van der Waals surface area contributed by atoms with Gasteiger partial charge in [0.15, 0.2) is 0 Å². The molecule has 5 rings (SSSR count). The summed E-state index contributed by atoms with van der Waals surface area (Å²) in [6.45, 7) is 11.4. The molecule has 2 saturated heterocycles. The second kappa shape index (κ2) is 13.2. The maximum absolute atomic E-state index is 13.1. The van der Waals surface area contributed by atoms with E-state index in [4.69, 9.17) is 14.2 Å². The van der Waals surface area contributed by atoms with Gasteiger partial charge < -0.3 is 34.6 Å². The average Bonchev–Trinajstić information content (AvgIpc) is 2.99. The van der Waals surface area contributed by atoms with Crippen molar-refractivity contribution in [1.82, 2.24) is 19.9 Å². The summed E-state index contributed by atoms with van der Waals surface area (Å²) >= 11 is 0. The predicted molar refractivity (Wildman–Crippen MR) is 163 cm³/mol. The van der Waals surface area contributed by atoms with Crippen LogP contribution in [0.1, 0.15) is 49.5 Å². The first-order valence-electron chi connectivity index (χ1n) is 14.6. The number of hydrogen-bond donors (Lipinski definition) is 2. The summed E-state index contributed by atoms with van der Waals surface area (Å²) in [5.41, 5.74) is 2.41. The highest BCUT2D eigenvalue weighted by molar-refractivity contribution is 6.05. The molecule has 2 aliphatic heterocycles. The number of aryl methyl sites for hydroxylation is 1. The molecule has 228 valence electrons. The zero-order chi connectivity index (χ0) is 30.4. The number of morpholine rings is 1. The molecule has 1 aromatic carbocycles. The van der Waals surface area contributed by atoms with Gasteiger partial charge in [0, 0.05) is 68.4 Å². The Bertz CT molecular complexity index is 1430. The standard InChI is InChI=1S/C31H39N7O5/c1-21-5-6-23(34-28(39)22-7-11-32-27(19-22)37-15-17-41-18-16-37)20-25(21)35-26-8-12-33-29(36-26)42-24-9-13-38(14-10-24)30(40)43-31(2,3)4/h5-8,11-12,19-20,24H,9-10,13-18H2,1-4H3,(H,34,39)(H,33,35,36). The Morgan fingerprint density at radius 2 is 1.72 bits per heavy atom. The summed E-state index contributed by atoms with van der Waals surface area (Å²) in [4.78, 5) is 42.5. The Labute approximate surface area is 251 Å². The third kappa shape index (κ3) is 8.31. The van der Waals surface area contributed by atoms with Crippen LogP contribution in [0.3, 0.4) is 0 Å². The molecule has 0 atom stereocenters. The summed E-state index contributed by atoms with van der Waals surface area (Å²) < 4.78 is 17.0. The summed E-state index contributed by atoms with van der Waals surface area (Å²) in [6.07, 6.45) is 4.20. The van der Waals surface area contributed by atoms with E-state index in [1.54, 1.807) is 35.5 Å². The Kier molecular flexibility index (Phi) is 9.24. The van der Waals surface area contributed by atoms with E-state index >= 15 is 0 Å². The molecule has 0 radical (unpaired) electrons. The third-order valence-corrected chi connectivity index (χ3v) is 7.10. The number of aromatic nitrogens is 3. The van der Waals surface area contributed by atoms with Gasteiger partial charge in [0.1, 0.15) is 23.3 Å². The number of carbonyl (C=O) groups excluding carboxylic acids is 2. The van der Waals surface area contributed by atoms with E-state index in [1.807, 2.05) is 45.9 Å². The lowest BCUT2D eigenvalue weighted by atomic mass is 10.1. The molecule has 2 aromatic heterocycles. The van der Waals surface area contributed by atoms with Gasteiger partial charge in [-0.05, 0) is 63.6 Å². The zero-order valence-electron chi connectivity index (χ0n) is 25.1. The number of nitrogens with zero attached hydrogens (tertiary/aromatic N) is 5. The Hall–Kier alpha value is -4.45. The molecule has 0 unspecified atom stereocenters. The molecule has 2 fully saturated rings. The molecule has 0 aliphatic carbocycles. The van der Waals surface area contributed by atoms with Gasteiger partial charge in [0.05, 0.1) is 13.2 Å². The number of anilines is 4. The van der Waals surface area contributed by atoms with Gasteiger partial charge in [-0.15, -0.1) is 0 Å². The van der Waals surface area contributed by atoms with E-state index < -0.39 is 5.60 Å². The second-order valence-corrected chi connectivity index (χ2v) is 11.6. The molecule has 2 N–H and O–H groups in total. The lowest BCUT2D eigenvalue weighted by Gasteiger charge is -2.33. The van der Waals surface area contributed by atoms with Crippen molar-refractivity contribution in [1.29, 1.82) is 0 Å². The van der Waals surface area contributed by atoms with E-state index in [0.29, 0.717) is 56.2 Å². The van der Waals surface area contributed by atoms with Gasteiger partial charge in [-0.2, -0.15) is 4.98 Å². The van der Waals surface area contributed by atoms with E-state index in [2.05, 4.69) is 30.5 Å². The van der Waals surface area contributed by atoms with Gasteiger partial charge in [0.2, 0.25) is 0 Å². The number of ether oxygens (including phenoxy) is 3. The molecule has 4 heterocycles. The maximum Gasteiger partial charge on any atom is 0.410 e. The van der Waals surface area contributed by atoms with Crippen LogP contribution in [-0.2, 0) is 9.47 Å². The van der Waals surface area contributed by atoms with Crippen LogP contribution in [0, 0.1) is 6.92 Å². The van der Waals surface area contributed by atoms with Crippen molar-refractivity contribution >= 4 is 35.0 Å². The van der Waals surface area contributed by atoms with Crippen LogP contribution in [0.5, 0.6) is 6.01 Å². The number of amides is 2. The molecule has 2 amide bonds. The van der Waals surface area contributed by atoms with E-state index in [0.717, 1.165) is 30.2 Å². The number of hydrogen-bond acceptors (Lipinski definition) is 10. The predicted octanol–water partition coefficient (Wildman–Crippen LogP) is 4.79. The Balaban J connectivity index is 1.18. The molecule has 0 bridgehead atoms. The first-order valence-corrected chi connectivity index (χ1v) is 14.6. The maximum atomic E-state index is 13.1. The quantitative estimate of drug-likeness (QED) is 0.397. The van der Waals surface area contributed by atoms with Crippen molar-refractivity contribution in [3.05, 3.63) is 59.9 Å². The summed E-state index contributed by atoms with van der Waals surface area (Å²) in [7, 11) is 0. The van der Waals surface area contributed by atoms with Crippen molar-refractivity contribution in [2.45, 2.75) is 52.2 Å². The topological polar surface area (TPSA) is 131 Å². The number of piperidine rings is 1. The number of pyridine rings is 1. The van der Waals surface area contributed by atoms with Crippen LogP contribution in [-0.4, -0.2) is 83.0 Å². The normalized spacial score (nSPS) is 16.0. The molecule has 3 aromatic rings. The minimum Gasteiger partial charge on any atom is -0.460 e. The van der Waals surface area contributed by atoms with Crippen molar-refractivity contribution in [3.63, 3.8) is 0 Å². The fraction of sp³-hybridized carbons (Fsp3) is 0.452. The monoisotopic (exact) mass is 589 g/mol. The highest BCUT2D eigenvalue weighted by atomic mass is 16.6. The number of benzene rings is 1. The summed E-state index contributed by atoms with van der Waals surface area (Å²) in [5, 5.41) is 6.31. The van der Waals surface area contributed by atoms with E-state index in [9.17, 15) is 9.59 Å². The lowest BCUT2D eigenvalue weighted by Crippen LogP contribution is -2.44. The highest BCUT2D eigenvalue weighted by Crippen LogP contribution is 2.26. The minimum atomic E-state index is -0.526. The third-order valence-electron chi connectivity index (χ3n) is 7.10. The summed E-state index contributed by atoms with van der Waals surface area (Å²) in [5.74, 6) is 1.10. The first kappa shape index (κ1) is 30.0. The highest BCUT2D eigenvalue weighted by Gasteiger charge is 2.28. The van der Waals surface area contributed by atoms with Crippen LogP contribution >= 0.6 is 0 Å².